The van der Waals surface area contributed by atoms with Gasteiger partial charge in [-0.3, -0.25) is 4.79 Å². The van der Waals surface area contributed by atoms with E-state index in [1.165, 1.54) is 18.4 Å². The third kappa shape index (κ3) is 5.99. The minimum Gasteiger partial charge on any atom is -0.487 e. The second-order valence-corrected chi connectivity index (χ2v) is 9.02. The Labute approximate surface area is 214 Å². The number of aliphatic imine (C=N–C) groups is 1. The number of fused-ring (bicyclic) bond motifs is 1. The molecule has 2 aromatic carbocycles. The van der Waals surface area contributed by atoms with Crippen molar-refractivity contribution in [3.05, 3.63) is 65.2 Å². The molecule has 0 aromatic heterocycles. The molecule has 1 saturated carbocycles. The Hall–Kier alpha value is -2.29. The van der Waals surface area contributed by atoms with Crippen LogP contribution in [0.5, 0.6) is 5.75 Å². The molecular formula is C26H35IN4O2. The van der Waals surface area contributed by atoms with E-state index in [4.69, 9.17) is 9.73 Å². The number of hydrogen-bond acceptors (Lipinski definition) is 3. The lowest BCUT2D eigenvalue weighted by molar-refractivity contribution is 0.0396. The maximum atomic E-state index is 12.1. The van der Waals surface area contributed by atoms with Crippen molar-refractivity contribution in [3.63, 3.8) is 0 Å². The first-order chi connectivity index (χ1) is 15.5. The molecule has 0 bridgehead atoms. The lowest BCUT2D eigenvalue weighted by atomic mass is 9.86. The molecule has 1 atom stereocenters. The number of nitrogens with one attached hydrogen (secondary N) is 2. The van der Waals surface area contributed by atoms with E-state index in [0.29, 0.717) is 12.1 Å². The minimum atomic E-state index is -0.0574. The first-order valence-corrected chi connectivity index (χ1v) is 11.6. The second-order valence-electron chi connectivity index (χ2n) is 9.02. The first kappa shape index (κ1) is 25.3. The van der Waals surface area contributed by atoms with Gasteiger partial charge in [-0.15, -0.1) is 24.0 Å². The van der Waals surface area contributed by atoms with E-state index in [0.717, 1.165) is 43.1 Å². The summed E-state index contributed by atoms with van der Waals surface area (Å²) in [4.78, 5) is 18.5. The van der Waals surface area contributed by atoms with Crippen LogP contribution in [0.25, 0.3) is 0 Å². The largest absolute Gasteiger partial charge is 0.487 e. The highest BCUT2D eigenvalue weighted by molar-refractivity contribution is 14.0. The SMILES string of the molecule is CCNC(=NCc1ccc(C(=O)N(C)C)cc1)NC1CC2(CCCC2)Oc2ccccc21.I. The molecule has 33 heavy (non-hydrogen) atoms. The van der Waals surface area contributed by atoms with Crippen molar-refractivity contribution in [2.45, 2.75) is 57.2 Å². The van der Waals surface area contributed by atoms with E-state index >= 15 is 0 Å². The summed E-state index contributed by atoms with van der Waals surface area (Å²) in [5.41, 5.74) is 2.89. The molecule has 178 valence electrons. The topological polar surface area (TPSA) is 66.0 Å². The lowest BCUT2D eigenvalue weighted by Crippen LogP contribution is -2.46. The van der Waals surface area contributed by atoms with E-state index in [2.05, 4.69) is 35.8 Å². The third-order valence-corrected chi connectivity index (χ3v) is 6.39. The summed E-state index contributed by atoms with van der Waals surface area (Å²) in [6.45, 7) is 3.41. The van der Waals surface area contributed by atoms with E-state index < -0.39 is 0 Å². The first-order valence-electron chi connectivity index (χ1n) is 11.6. The highest BCUT2D eigenvalue weighted by atomic mass is 127. The number of guanidine groups is 1. The standard InChI is InChI=1S/C26H34N4O2.HI/c1-4-27-25(28-18-19-11-13-20(14-12-19)24(31)30(2)3)29-22-17-26(15-7-8-16-26)32-23-10-6-5-9-21(22)23;/h5-6,9-14,22H,4,7-8,15-18H2,1-3H3,(H2,27,28,29);1H. The van der Waals surface area contributed by atoms with Crippen molar-refractivity contribution in [2.24, 2.45) is 4.99 Å². The lowest BCUT2D eigenvalue weighted by Gasteiger charge is -2.40. The Balaban J connectivity index is 0.00000306. The van der Waals surface area contributed by atoms with Gasteiger partial charge in [-0.2, -0.15) is 0 Å². The van der Waals surface area contributed by atoms with E-state index in [1.807, 2.05) is 30.3 Å². The van der Waals surface area contributed by atoms with Crippen LogP contribution in [0.3, 0.4) is 0 Å². The zero-order chi connectivity index (χ0) is 22.6. The average Bonchev–Trinajstić information content (AvgIpc) is 3.24. The Morgan fingerprint density at radius 1 is 1.12 bits per heavy atom. The molecule has 1 fully saturated rings. The maximum absolute atomic E-state index is 12.1. The van der Waals surface area contributed by atoms with Crippen LogP contribution in [-0.2, 0) is 6.54 Å². The van der Waals surface area contributed by atoms with Crippen LogP contribution in [0, 0.1) is 0 Å². The number of amides is 1. The molecule has 0 radical (unpaired) electrons. The number of hydrogen-bond donors (Lipinski definition) is 2. The molecule has 2 aliphatic rings. The number of nitrogens with zero attached hydrogens (tertiary/aromatic N) is 2. The molecule has 4 rings (SSSR count). The number of carbonyl (C=O) groups is 1. The van der Waals surface area contributed by atoms with Crippen LogP contribution >= 0.6 is 24.0 Å². The molecule has 2 aromatic rings. The summed E-state index contributed by atoms with van der Waals surface area (Å²) in [5.74, 6) is 1.81. The number of carbonyl (C=O) groups excluding carboxylic acids is 1. The predicted molar refractivity (Wildman–Crippen MR) is 143 cm³/mol. The fourth-order valence-electron chi connectivity index (χ4n) is 4.74. The highest BCUT2D eigenvalue weighted by Gasteiger charge is 2.43. The number of ether oxygens (including phenoxy) is 1. The van der Waals surface area contributed by atoms with E-state index in [1.54, 1.807) is 19.0 Å². The Morgan fingerprint density at radius 2 is 1.82 bits per heavy atom. The van der Waals surface area contributed by atoms with Gasteiger partial charge in [-0.1, -0.05) is 30.3 Å². The number of para-hydroxylation sites is 1. The van der Waals surface area contributed by atoms with Gasteiger partial charge in [0.15, 0.2) is 5.96 Å². The van der Waals surface area contributed by atoms with Crippen LogP contribution in [-0.4, -0.2) is 43.0 Å². The van der Waals surface area contributed by atoms with Crippen LogP contribution < -0.4 is 15.4 Å². The number of halogens is 1. The predicted octanol–water partition coefficient (Wildman–Crippen LogP) is 4.90. The highest BCUT2D eigenvalue weighted by Crippen LogP contribution is 2.46. The summed E-state index contributed by atoms with van der Waals surface area (Å²) >= 11 is 0. The van der Waals surface area contributed by atoms with E-state index in [9.17, 15) is 4.79 Å². The minimum absolute atomic E-state index is 0. The molecular weight excluding hydrogens is 527 g/mol. The van der Waals surface area contributed by atoms with Gasteiger partial charge in [0.25, 0.3) is 5.91 Å². The van der Waals surface area contributed by atoms with Crippen molar-refractivity contribution in [1.82, 2.24) is 15.5 Å². The molecule has 1 aliphatic heterocycles. The van der Waals surface area contributed by atoms with Gasteiger partial charge in [0.2, 0.25) is 0 Å². The number of benzene rings is 2. The average molecular weight is 562 g/mol. The Morgan fingerprint density at radius 3 is 2.48 bits per heavy atom. The molecule has 1 aliphatic carbocycles. The van der Waals surface area contributed by atoms with Crippen molar-refractivity contribution in [1.29, 1.82) is 0 Å². The summed E-state index contributed by atoms with van der Waals surface area (Å²) in [6.07, 6.45) is 5.65. The van der Waals surface area contributed by atoms with Gasteiger partial charge in [-0.05, 0) is 56.4 Å². The molecule has 7 heteroatoms. The second kappa shape index (κ2) is 11.2. The van der Waals surface area contributed by atoms with Crippen molar-refractivity contribution < 1.29 is 9.53 Å². The van der Waals surface area contributed by atoms with Crippen LogP contribution in [0.4, 0.5) is 0 Å². The van der Waals surface area contributed by atoms with Crippen molar-refractivity contribution in [2.75, 3.05) is 20.6 Å². The molecule has 6 nitrogen and oxygen atoms in total. The van der Waals surface area contributed by atoms with E-state index in [-0.39, 0.29) is 41.5 Å². The molecule has 0 saturated heterocycles. The normalized spacial score (nSPS) is 18.6. The van der Waals surface area contributed by atoms with Crippen LogP contribution in [0.2, 0.25) is 0 Å². The van der Waals surface area contributed by atoms with Gasteiger partial charge in [0, 0.05) is 38.2 Å². The van der Waals surface area contributed by atoms with Crippen LogP contribution in [0.1, 0.15) is 66.6 Å². The van der Waals surface area contributed by atoms with Gasteiger partial charge in [0.1, 0.15) is 11.4 Å². The smallest absolute Gasteiger partial charge is 0.253 e. The molecule has 1 heterocycles. The zero-order valence-corrected chi connectivity index (χ0v) is 22.1. The van der Waals surface area contributed by atoms with Crippen molar-refractivity contribution in [3.8, 4) is 5.75 Å². The fourth-order valence-corrected chi connectivity index (χ4v) is 4.74. The Bertz CT molecular complexity index is 969. The van der Waals surface area contributed by atoms with Crippen LogP contribution in [0.15, 0.2) is 53.5 Å². The van der Waals surface area contributed by atoms with Gasteiger partial charge in [-0.25, -0.2) is 4.99 Å². The van der Waals surface area contributed by atoms with Crippen molar-refractivity contribution >= 4 is 35.8 Å². The molecule has 1 amide bonds. The summed E-state index contributed by atoms with van der Waals surface area (Å²) in [6, 6.07) is 16.2. The Kier molecular flexibility index (Phi) is 8.62. The number of rotatable bonds is 5. The molecule has 2 N–H and O–H groups in total. The monoisotopic (exact) mass is 562 g/mol. The molecule has 1 unspecified atom stereocenters. The third-order valence-electron chi connectivity index (χ3n) is 6.39. The van der Waals surface area contributed by atoms with Gasteiger partial charge < -0.3 is 20.3 Å². The maximum Gasteiger partial charge on any atom is 0.253 e. The van der Waals surface area contributed by atoms with Gasteiger partial charge >= 0.3 is 0 Å². The fraction of sp³-hybridized carbons (Fsp3) is 0.462. The van der Waals surface area contributed by atoms with Gasteiger partial charge in [0.05, 0.1) is 12.6 Å². The molecule has 1 spiro atoms. The summed E-state index contributed by atoms with van der Waals surface area (Å²) in [5, 5.41) is 7.07. The quantitative estimate of drug-likeness (QED) is 0.309. The zero-order valence-electron chi connectivity index (χ0n) is 19.8. The summed E-state index contributed by atoms with van der Waals surface area (Å²) in [7, 11) is 3.53. The summed E-state index contributed by atoms with van der Waals surface area (Å²) < 4.78 is 6.50.